The average Bonchev–Trinajstić information content (AvgIpc) is 2.74. The quantitative estimate of drug-likeness (QED) is 0.798. The highest BCUT2D eigenvalue weighted by Crippen LogP contribution is 2.40. The van der Waals surface area contributed by atoms with E-state index in [0.29, 0.717) is 11.3 Å². The van der Waals surface area contributed by atoms with Crippen molar-refractivity contribution in [3.63, 3.8) is 0 Å². The van der Waals surface area contributed by atoms with Crippen molar-refractivity contribution in [1.82, 2.24) is 0 Å². The molecule has 0 bridgehead atoms. The van der Waals surface area contributed by atoms with Gasteiger partial charge in [-0.1, -0.05) is 0 Å². The number of fused-ring (bicyclic) bond motifs is 1. The van der Waals surface area contributed by atoms with E-state index in [1.165, 1.54) is 0 Å². The summed E-state index contributed by atoms with van der Waals surface area (Å²) >= 11 is 0. The molecule has 4 nitrogen and oxygen atoms in total. The van der Waals surface area contributed by atoms with Gasteiger partial charge in [-0.25, -0.2) is 8.42 Å². The van der Waals surface area contributed by atoms with E-state index in [0.717, 1.165) is 36.1 Å². The molecule has 0 amide bonds. The summed E-state index contributed by atoms with van der Waals surface area (Å²) in [5.41, 5.74) is 2.72. The first-order valence-electron chi connectivity index (χ1n) is 5.64. The highest BCUT2D eigenvalue weighted by molar-refractivity contribution is 8.13. The summed E-state index contributed by atoms with van der Waals surface area (Å²) in [4.78, 5) is 0. The molecule has 0 saturated heterocycles. The molecule has 1 aromatic carbocycles. The van der Waals surface area contributed by atoms with Crippen LogP contribution in [0.25, 0.3) is 0 Å². The number of benzene rings is 1. The first-order chi connectivity index (χ1) is 8.46. The van der Waals surface area contributed by atoms with Crippen LogP contribution in [0, 0.1) is 0 Å². The second-order valence-corrected chi connectivity index (χ2v) is 7.04. The molecule has 2 rings (SSSR count). The summed E-state index contributed by atoms with van der Waals surface area (Å²) in [6.45, 7) is 0. The Morgan fingerprint density at radius 3 is 2.44 bits per heavy atom. The van der Waals surface area contributed by atoms with E-state index < -0.39 is 9.05 Å². The van der Waals surface area contributed by atoms with Crippen LogP contribution in [0.4, 0.5) is 0 Å². The van der Waals surface area contributed by atoms with E-state index in [4.69, 9.17) is 20.2 Å². The Labute approximate surface area is 111 Å². The lowest BCUT2D eigenvalue weighted by atomic mass is 10.0. The van der Waals surface area contributed by atoms with Gasteiger partial charge in [0.1, 0.15) is 11.5 Å². The maximum Gasteiger partial charge on any atom is 0.236 e. The molecule has 0 heterocycles. The number of hydrogen-bond acceptors (Lipinski definition) is 4. The minimum absolute atomic E-state index is 0.249. The van der Waals surface area contributed by atoms with E-state index in [9.17, 15) is 8.42 Å². The van der Waals surface area contributed by atoms with Crippen LogP contribution in [0.3, 0.4) is 0 Å². The average molecular weight is 291 g/mol. The lowest BCUT2D eigenvalue weighted by molar-refractivity contribution is 0.395. The lowest BCUT2D eigenvalue weighted by Gasteiger charge is -2.15. The van der Waals surface area contributed by atoms with Crippen LogP contribution in [0.5, 0.6) is 11.5 Å². The predicted octanol–water partition coefficient (Wildman–Crippen LogP) is 2.26. The molecule has 18 heavy (non-hydrogen) atoms. The van der Waals surface area contributed by atoms with Crippen molar-refractivity contribution >= 4 is 19.7 Å². The monoisotopic (exact) mass is 290 g/mol. The molecular weight excluding hydrogens is 276 g/mol. The fraction of sp³-hybridized carbons (Fsp3) is 0.500. The van der Waals surface area contributed by atoms with Gasteiger partial charge in [0.15, 0.2) is 0 Å². The van der Waals surface area contributed by atoms with Crippen LogP contribution in [-0.4, -0.2) is 22.6 Å². The third-order valence-electron chi connectivity index (χ3n) is 3.14. The number of ether oxygens (including phenoxy) is 2. The van der Waals surface area contributed by atoms with Crippen molar-refractivity contribution < 1.29 is 17.9 Å². The van der Waals surface area contributed by atoms with Gasteiger partial charge < -0.3 is 9.47 Å². The summed E-state index contributed by atoms with van der Waals surface area (Å²) in [7, 11) is 4.83. The number of methoxy groups -OCH3 is 2. The highest BCUT2D eigenvalue weighted by atomic mass is 35.7. The third-order valence-corrected chi connectivity index (χ3v) is 4.12. The molecular formula is C12H15ClO4S. The third kappa shape index (κ3) is 2.57. The number of halogens is 1. The van der Waals surface area contributed by atoms with Crippen molar-refractivity contribution in [2.75, 3.05) is 14.2 Å². The van der Waals surface area contributed by atoms with Gasteiger partial charge in [0.25, 0.3) is 0 Å². The van der Waals surface area contributed by atoms with Crippen molar-refractivity contribution in [1.29, 1.82) is 0 Å². The SMILES string of the molecule is COc1cc(CS(=O)(=O)Cl)c(OC)c2c1CCC2. The van der Waals surface area contributed by atoms with Gasteiger partial charge in [-0.2, -0.15) is 0 Å². The van der Waals surface area contributed by atoms with Crippen LogP contribution in [0.1, 0.15) is 23.1 Å². The molecule has 100 valence electrons. The number of rotatable bonds is 4. The molecule has 1 aliphatic carbocycles. The molecule has 0 saturated carbocycles. The summed E-state index contributed by atoms with van der Waals surface area (Å²) in [5.74, 6) is 1.10. The molecule has 0 radical (unpaired) electrons. The molecule has 0 atom stereocenters. The van der Waals surface area contributed by atoms with Crippen LogP contribution >= 0.6 is 10.7 Å². The smallest absolute Gasteiger partial charge is 0.236 e. The normalized spacial score (nSPS) is 14.4. The van der Waals surface area contributed by atoms with Gasteiger partial charge >= 0.3 is 0 Å². The minimum atomic E-state index is -3.62. The summed E-state index contributed by atoms with van der Waals surface area (Å²) < 4.78 is 33.1. The van der Waals surface area contributed by atoms with Crippen molar-refractivity contribution in [2.24, 2.45) is 0 Å². The van der Waals surface area contributed by atoms with Crippen molar-refractivity contribution in [2.45, 2.75) is 25.0 Å². The van der Waals surface area contributed by atoms with Gasteiger partial charge in [0, 0.05) is 27.4 Å². The Morgan fingerprint density at radius 2 is 1.89 bits per heavy atom. The maximum atomic E-state index is 11.2. The summed E-state index contributed by atoms with van der Waals surface area (Å²) in [6, 6.07) is 1.71. The topological polar surface area (TPSA) is 52.6 Å². The first kappa shape index (κ1) is 13.5. The second-order valence-electron chi connectivity index (χ2n) is 4.27. The molecule has 0 unspecified atom stereocenters. The standard InChI is InChI=1S/C12H15ClO4S/c1-16-11-6-8(7-18(13,14)15)12(17-2)10-5-3-4-9(10)11/h6H,3-5,7H2,1-2H3. The molecule has 0 aliphatic heterocycles. The largest absolute Gasteiger partial charge is 0.496 e. The zero-order chi connectivity index (χ0) is 13.3. The van der Waals surface area contributed by atoms with Crippen LogP contribution in [-0.2, 0) is 27.6 Å². The van der Waals surface area contributed by atoms with Crippen molar-refractivity contribution in [3.8, 4) is 11.5 Å². The van der Waals surface area contributed by atoms with Gasteiger partial charge in [0.2, 0.25) is 9.05 Å². The minimum Gasteiger partial charge on any atom is -0.496 e. The van der Waals surface area contributed by atoms with Gasteiger partial charge in [0.05, 0.1) is 20.0 Å². The van der Waals surface area contributed by atoms with E-state index in [-0.39, 0.29) is 5.75 Å². The Hall–Kier alpha value is -0.940. The fourth-order valence-corrected chi connectivity index (χ4v) is 3.44. The van der Waals surface area contributed by atoms with E-state index >= 15 is 0 Å². The van der Waals surface area contributed by atoms with Crippen LogP contribution in [0.2, 0.25) is 0 Å². The van der Waals surface area contributed by atoms with Crippen LogP contribution in [0.15, 0.2) is 6.07 Å². The fourth-order valence-electron chi connectivity index (χ4n) is 2.50. The van der Waals surface area contributed by atoms with Gasteiger partial charge in [-0.05, 0) is 25.3 Å². The Balaban J connectivity index is 2.59. The summed E-state index contributed by atoms with van der Waals surface area (Å²) in [6.07, 6.45) is 2.84. The molecule has 6 heteroatoms. The van der Waals surface area contributed by atoms with Crippen molar-refractivity contribution in [3.05, 3.63) is 22.8 Å². The Kier molecular flexibility index (Phi) is 3.73. The molecule has 0 spiro atoms. The Morgan fingerprint density at radius 1 is 1.22 bits per heavy atom. The molecule has 0 fully saturated rings. The molecule has 1 aromatic rings. The number of hydrogen-bond donors (Lipinski definition) is 0. The molecule has 0 N–H and O–H groups in total. The molecule has 0 aromatic heterocycles. The zero-order valence-corrected chi connectivity index (χ0v) is 11.9. The first-order valence-corrected chi connectivity index (χ1v) is 8.12. The van der Waals surface area contributed by atoms with Crippen LogP contribution < -0.4 is 9.47 Å². The van der Waals surface area contributed by atoms with E-state index in [2.05, 4.69) is 0 Å². The van der Waals surface area contributed by atoms with Gasteiger partial charge in [-0.15, -0.1) is 0 Å². The molecule has 1 aliphatic rings. The highest BCUT2D eigenvalue weighted by Gasteiger charge is 2.25. The predicted molar refractivity (Wildman–Crippen MR) is 70.0 cm³/mol. The lowest BCUT2D eigenvalue weighted by Crippen LogP contribution is -2.03. The maximum absolute atomic E-state index is 11.2. The van der Waals surface area contributed by atoms with E-state index in [1.807, 2.05) is 0 Å². The second kappa shape index (κ2) is 4.97. The zero-order valence-electron chi connectivity index (χ0n) is 10.3. The van der Waals surface area contributed by atoms with E-state index in [1.54, 1.807) is 20.3 Å². The summed E-state index contributed by atoms with van der Waals surface area (Å²) in [5, 5.41) is 0. The Bertz CT molecular complexity index is 566. The van der Waals surface area contributed by atoms with Gasteiger partial charge in [-0.3, -0.25) is 0 Å².